The zero-order valence-corrected chi connectivity index (χ0v) is 15.2. The number of urea groups is 1. The van der Waals surface area contributed by atoms with Gasteiger partial charge in [0, 0.05) is 25.0 Å². The third-order valence-electron chi connectivity index (χ3n) is 4.64. The molecule has 1 aromatic carbocycles. The van der Waals surface area contributed by atoms with Gasteiger partial charge in [-0.15, -0.1) is 0 Å². The number of aryl methyl sites for hydroxylation is 2. The van der Waals surface area contributed by atoms with Crippen LogP contribution in [-0.4, -0.2) is 47.0 Å². The first kappa shape index (κ1) is 17.5. The second kappa shape index (κ2) is 7.70. The predicted octanol–water partition coefficient (Wildman–Crippen LogP) is 3.19. The summed E-state index contributed by atoms with van der Waals surface area (Å²) in [6.07, 6.45) is 2.03. The number of carbonyl (C=O) groups excluding carboxylic acids is 1. The molecule has 134 valence electrons. The summed E-state index contributed by atoms with van der Waals surface area (Å²) in [5, 5.41) is 7.47. The summed E-state index contributed by atoms with van der Waals surface area (Å²) in [6, 6.07) is 10.1. The third-order valence-corrected chi connectivity index (χ3v) is 4.64. The van der Waals surface area contributed by atoms with E-state index in [1.54, 1.807) is 7.11 Å². The lowest BCUT2D eigenvalue weighted by molar-refractivity contribution is 0.128. The van der Waals surface area contributed by atoms with Gasteiger partial charge in [-0.25, -0.2) is 4.79 Å². The number of rotatable bonds is 5. The molecular formula is C19H26N4O2. The van der Waals surface area contributed by atoms with Crippen LogP contribution in [-0.2, 0) is 11.3 Å². The van der Waals surface area contributed by atoms with Crippen molar-refractivity contribution in [1.82, 2.24) is 14.7 Å². The largest absolute Gasteiger partial charge is 0.383 e. The van der Waals surface area contributed by atoms with E-state index in [1.165, 1.54) is 0 Å². The van der Waals surface area contributed by atoms with Gasteiger partial charge in [0.05, 0.1) is 24.9 Å². The fourth-order valence-electron chi connectivity index (χ4n) is 3.37. The zero-order chi connectivity index (χ0) is 17.8. The van der Waals surface area contributed by atoms with Crippen LogP contribution in [0, 0.1) is 13.8 Å². The summed E-state index contributed by atoms with van der Waals surface area (Å²) in [7, 11) is 1.68. The average Bonchev–Trinajstić information content (AvgIpc) is 3.16. The van der Waals surface area contributed by atoms with E-state index in [1.807, 2.05) is 40.8 Å². The minimum Gasteiger partial charge on any atom is -0.383 e. The lowest BCUT2D eigenvalue weighted by atomic mass is 10.2. The fourth-order valence-corrected chi connectivity index (χ4v) is 3.37. The van der Waals surface area contributed by atoms with Gasteiger partial charge in [-0.2, -0.15) is 5.10 Å². The van der Waals surface area contributed by atoms with Crippen molar-refractivity contribution < 1.29 is 9.53 Å². The Morgan fingerprint density at radius 1 is 1.32 bits per heavy atom. The van der Waals surface area contributed by atoms with Gasteiger partial charge >= 0.3 is 6.03 Å². The number of hydrogen-bond donors (Lipinski definition) is 1. The monoisotopic (exact) mass is 342 g/mol. The Morgan fingerprint density at radius 3 is 2.72 bits per heavy atom. The highest BCUT2D eigenvalue weighted by Gasteiger charge is 2.28. The van der Waals surface area contributed by atoms with Crippen LogP contribution in [0.2, 0.25) is 0 Å². The van der Waals surface area contributed by atoms with Crippen LogP contribution in [0.15, 0.2) is 30.3 Å². The molecule has 0 saturated carbocycles. The third kappa shape index (κ3) is 4.20. The van der Waals surface area contributed by atoms with Gasteiger partial charge in [0.2, 0.25) is 0 Å². The lowest BCUT2D eigenvalue weighted by Crippen LogP contribution is -2.40. The average molecular weight is 342 g/mol. The minimum absolute atomic E-state index is 0.0501. The van der Waals surface area contributed by atoms with E-state index in [2.05, 4.69) is 23.4 Å². The Bertz CT molecular complexity index is 724. The van der Waals surface area contributed by atoms with Crippen LogP contribution < -0.4 is 5.32 Å². The number of methoxy groups -OCH3 is 1. The molecule has 0 bridgehead atoms. The number of nitrogens with zero attached hydrogens (tertiary/aromatic N) is 3. The quantitative estimate of drug-likeness (QED) is 0.908. The summed E-state index contributed by atoms with van der Waals surface area (Å²) in [4.78, 5) is 14.3. The second-order valence-electron chi connectivity index (χ2n) is 6.66. The Balaban J connectivity index is 1.60. The van der Waals surface area contributed by atoms with Crippen LogP contribution in [0.3, 0.4) is 0 Å². The van der Waals surface area contributed by atoms with Crippen molar-refractivity contribution in [1.29, 1.82) is 0 Å². The summed E-state index contributed by atoms with van der Waals surface area (Å²) >= 11 is 0. The van der Waals surface area contributed by atoms with Crippen molar-refractivity contribution in [2.24, 2.45) is 0 Å². The van der Waals surface area contributed by atoms with Crippen molar-refractivity contribution in [3.8, 4) is 0 Å². The molecule has 0 spiro atoms. The van der Waals surface area contributed by atoms with Crippen LogP contribution in [0.5, 0.6) is 0 Å². The molecule has 3 rings (SSSR count). The Hall–Kier alpha value is -2.34. The first-order chi connectivity index (χ1) is 12.1. The van der Waals surface area contributed by atoms with Gasteiger partial charge in [-0.3, -0.25) is 4.68 Å². The van der Waals surface area contributed by atoms with Gasteiger partial charge in [-0.1, -0.05) is 12.1 Å². The molecule has 0 aliphatic carbocycles. The van der Waals surface area contributed by atoms with Crippen LogP contribution in [0.25, 0.3) is 0 Å². The van der Waals surface area contributed by atoms with Crippen molar-refractivity contribution in [2.75, 3.05) is 25.6 Å². The van der Waals surface area contributed by atoms with E-state index in [4.69, 9.17) is 4.74 Å². The zero-order valence-electron chi connectivity index (χ0n) is 15.2. The highest BCUT2D eigenvalue weighted by molar-refractivity contribution is 5.89. The molecule has 1 saturated heterocycles. The molecular weight excluding hydrogens is 316 g/mol. The van der Waals surface area contributed by atoms with Crippen molar-refractivity contribution in [2.45, 2.75) is 39.3 Å². The molecule has 1 aromatic heterocycles. The highest BCUT2D eigenvalue weighted by Crippen LogP contribution is 2.19. The van der Waals surface area contributed by atoms with Gasteiger partial charge in [-0.05, 0) is 50.5 Å². The van der Waals surface area contributed by atoms with Crippen molar-refractivity contribution >= 4 is 11.7 Å². The number of hydrogen-bond acceptors (Lipinski definition) is 3. The molecule has 2 heterocycles. The van der Waals surface area contributed by atoms with Crippen LogP contribution in [0.1, 0.15) is 29.8 Å². The van der Waals surface area contributed by atoms with E-state index >= 15 is 0 Å². The Labute approximate surface area is 148 Å². The Kier molecular flexibility index (Phi) is 5.38. The normalized spacial score (nSPS) is 17.1. The molecule has 1 N–H and O–H groups in total. The maximum absolute atomic E-state index is 12.5. The molecule has 6 nitrogen and oxygen atoms in total. The number of anilines is 1. The number of aromatic nitrogens is 2. The van der Waals surface area contributed by atoms with E-state index < -0.39 is 0 Å². The number of nitrogens with one attached hydrogen (secondary N) is 1. The summed E-state index contributed by atoms with van der Waals surface area (Å²) in [5.41, 5.74) is 4.14. The van der Waals surface area contributed by atoms with Gasteiger partial charge in [0.15, 0.2) is 0 Å². The maximum Gasteiger partial charge on any atom is 0.322 e. The molecule has 0 radical (unpaired) electrons. The number of likely N-dealkylation sites (tertiary alicyclic amines) is 1. The highest BCUT2D eigenvalue weighted by atomic mass is 16.5. The second-order valence-corrected chi connectivity index (χ2v) is 6.66. The first-order valence-corrected chi connectivity index (χ1v) is 8.73. The van der Waals surface area contributed by atoms with E-state index in [0.29, 0.717) is 6.61 Å². The lowest BCUT2D eigenvalue weighted by Gasteiger charge is -2.24. The van der Waals surface area contributed by atoms with Gasteiger partial charge in [0.1, 0.15) is 0 Å². The Morgan fingerprint density at radius 2 is 2.08 bits per heavy atom. The minimum atomic E-state index is -0.0501. The number of carbonyl (C=O) groups is 1. The number of ether oxygens (including phenoxy) is 1. The smallest absolute Gasteiger partial charge is 0.322 e. The molecule has 2 amide bonds. The molecule has 1 aliphatic heterocycles. The van der Waals surface area contributed by atoms with Crippen LogP contribution >= 0.6 is 0 Å². The molecule has 6 heteroatoms. The number of benzene rings is 1. The molecule has 1 unspecified atom stereocenters. The van der Waals surface area contributed by atoms with Crippen LogP contribution in [0.4, 0.5) is 10.5 Å². The van der Waals surface area contributed by atoms with Gasteiger partial charge in [0.25, 0.3) is 0 Å². The molecule has 1 aliphatic rings. The topological polar surface area (TPSA) is 59.4 Å². The molecule has 1 atom stereocenters. The maximum atomic E-state index is 12.5. The standard InChI is InChI=1S/C19H26N4O2/c1-14-11-15(2)23(21-14)12-16-6-8-17(9-7-16)20-19(24)22-10-4-5-18(22)13-25-3/h6-9,11,18H,4-5,10,12-13H2,1-3H3,(H,20,24). The molecule has 1 fully saturated rings. The van der Waals surface area contributed by atoms with Gasteiger partial charge < -0.3 is 15.0 Å². The van der Waals surface area contributed by atoms with Crippen molar-refractivity contribution in [3.63, 3.8) is 0 Å². The molecule has 25 heavy (non-hydrogen) atoms. The number of amides is 2. The summed E-state index contributed by atoms with van der Waals surface area (Å²) in [6.45, 7) is 6.17. The van der Waals surface area contributed by atoms with E-state index in [0.717, 1.165) is 48.6 Å². The molecule has 2 aromatic rings. The summed E-state index contributed by atoms with van der Waals surface area (Å²) < 4.78 is 7.20. The van der Waals surface area contributed by atoms with Crippen molar-refractivity contribution in [3.05, 3.63) is 47.3 Å². The fraction of sp³-hybridized carbons (Fsp3) is 0.474. The van der Waals surface area contributed by atoms with E-state index in [9.17, 15) is 4.79 Å². The predicted molar refractivity (Wildman–Crippen MR) is 97.9 cm³/mol. The first-order valence-electron chi connectivity index (χ1n) is 8.73. The SMILES string of the molecule is COCC1CCCN1C(=O)Nc1ccc(Cn2nc(C)cc2C)cc1. The summed E-state index contributed by atoms with van der Waals surface area (Å²) in [5.74, 6) is 0. The van der Waals surface area contributed by atoms with E-state index in [-0.39, 0.29) is 12.1 Å².